The van der Waals surface area contributed by atoms with Crippen molar-refractivity contribution in [2.24, 2.45) is 0 Å². The van der Waals surface area contributed by atoms with Gasteiger partial charge in [-0.25, -0.2) is 0 Å². The normalized spacial score (nSPS) is 21.2. The van der Waals surface area contributed by atoms with Gasteiger partial charge in [-0.1, -0.05) is 6.07 Å². The lowest BCUT2D eigenvalue weighted by Gasteiger charge is -2.34. The highest BCUT2D eigenvalue weighted by atomic mass is 16.5. The first-order chi connectivity index (χ1) is 12.5. The molecule has 1 atom stereocenters. The molecule has 4 rings (SSSR count). The van der Waals surface area contributed by atoms with Gasteiger partial charge in [-0.15, -0.1) is 0 Å². The lowest BCUT2D eigenvalue weighted by molar-refractivity contribution is 0.0807. The summed E-state index contributed by atoms with van der Waals surface area (Å²) in [5, 5.41) is 9.64. The van der Waals surface area contributed by atoms with Crippen molar-refractivity contribution >= 4 is 7.12 Å². The van der Waals surface area contributed by atoms with E-state index in [9.17, 15) is 5.02 Å². The number of aromatic nitrogens is 1. The first kappa shape index (κ1) is 17.4. The second-order valence-corrected chi connectivity index (χ2v) is 7.71. The molecule has 6 heteroatoms. The molecule has 1 unspecified atom stereocenters. The van der Waals surface area contributed by atoms with Crippen molar-refractivity contribution in [1.82, 2.24) is 4.98 Å². The van der Waals surface area contributed by atoms with Crippen molar-refractivity contribution in [3.63, 3.8) is 0 Å². The predicted octanol–water partition coefficient (Wildman–Crippen LogP) is 3.46. The number of ether oxygens (including phenoxy) is 2. The zero-order valence-electron chi connectivity index (χ0n) is 15.5. The van der Waals surface area contributed by atoms with E-state index in [-0.39, 0.29) is 11.5 Å². The van der Waals surface area contributed by atoms with Crippen LogP contribution in [0.3, 0.4) is 0 Å². The highest BCUT2D eigenvalue weighted by molar-refractivity contribution is 6.43. The predicted molar refractivity (Wildman–Crippen MR) is 101 cm³/mol. The summed E-state index contributed by atoms with van der Waals surface area (Å²) in [5.41, 5.74) is 4.26. The lowest BCUT2D eigenvalue weighted by atomic mass is 9.79. The van der Waals surface area contributed by atoms with Crippen LogP contribution in [-0.2, 0) is 11.1 Å². The number of pyridine rings is 1. The number of nitrogens with zero attached hydrogens (tertiary/aromatic N) is 1. The smallest absolute Gasteiger partial charge is 0.454 e. The standard InChI is InChI=1S/C20H24BNO4/c1-20(2)7-6-17-16(4-5-18(24-3)19(17)26-20)14-8-13(10-22-11-14)15-9-21(23)25-12-15/h4-5,8,10-11,15,23H,6-7,9,12H2,1-3H3. The fourth-order valence-corrected chi connectivity index (χ4v) is 3.82. The Kier molecular flexibility index (Phi) is 4.41. The molecule has 1 aromatic heterocycles. The molecule has 0 aliphatic carbocycles. The lowest BCUT2D eigenvalue weighted by Crippen LogP contribution is -2.33. The fraction of sp³-hybridized carbons (Fsp3) is 0.450. The average molecular weight is 353 g/mol. The molecule has 136 valence electrons. The molecule has 26 heavy (non-hydrogen) atoms. The molecular weight excluding hydrogens is 329 g/mol. The van der Waals surface area contributed by atoms with Gasteiger partial charge >= 0.3 is 7.12 Å². The molecule has 1 saturated heterocycles. The van der Waals surface area contributed by atoms with Gasteiger partial charge in [0.25, 0.3) is 0 Å². The third-order valence-corrected chi connectivity index (χ3v) is 5.32. The van der Waals surface area contributed by atoms with Crippen LogP contribution in [-0.4, -0.2) is 36.4 Å². The van der Waals surface area contributed by atoms with Gasteiger partial charge in [-0.3, -0.25) is 4.98 Å². The molecule has 0 radical (unpaired) electrons. The van der Waals surface area contributed by atoms with Gasteiger partial charge in [-0.05, 0) is 56.3 Å². The second kappa shape index (κ2) is 6.60. The van der Waals surface area contributed by atoms with Crippen molar-refractivity contribution in [3.8, 4) is 22.6 Å². The van der Waals surface area contributed by atoms with Crippen LogP contribution in [0.15, 0.2) is 30.6 Å². The van der Waals surface area contributed by atoms with Crippen molar-refractivity contribution in [2.45, 2.75) is 44.5 Å². The molecule has 2 aliphatic rings. The number of fused-ring (bicyclic) bond motifs is 1. The van der Waals surface area contributed by atoms with Crippen LogP contribution in [0, 0.1) is 0 Å². The van der Waals surface area contributed by atoms with Crippen LogP contribution < -0.4 is 9.47 Å². The number of methoxy groups -OCH3 is 1. The molecule has 3 heterocycles. The van der Waals surface area contributed by atoms with E-state index in [0.717, 1.165) is 41.0 Å². The number of hydrogen-bond donors (Lipinski definition) is 1. The molecule has 1 N–H and O–H groups in total. The van der Waals surface area contributed by atoms with Crippen LogP contribution >= 0.6 is 0 Å². The maximum Gasteiger partial charge on any atom is 0.454 e. The monoisotopic (exact) mass is 353 g/mol. The number of rotatable bonds is 3. The van der Waals surface area contributed by atoms with Crippen LogP contribution in [0.1, 0.15) is 37.3 Å². The van der Waals surface area contributed by atoms with Gasteiger partial charge in [0, 0.05) is 36.0 Å². The summed E-state index contributed by atoms with van der Waals surface area (Å²) in [6.07, 6.45) is 6.26. The Hall–Kier alpha value is -2.05. The van der Waals surface area contributed by atoms with Crippen LogP contribution in [0.5, 0.6) is 11.5 Å². The molecule has 0 saturated carbocycles. The molecule has 1 fully saturated rings. The Labute approximate surface area is 154 Å². The Bertz CT molecular complexity index is 823. The molecule has 0 spiro atoms. The van der Waals surface area contributed by atoms with Gasteiger partial charge in [0.2, 0.25) is 0 Å². The number of hydrogen-bond acceptors (Lipinski definition) is 5. The third kappa shape index (κ3) is 3.19. The summed E-state index contributed by atoms with van der Waals surface area (Å²) in [6.45, 7) is 4.75. The maximum absolute atomic E-state index is 9.64. The molecule has 5 nitrogen and oxygen atoms in total. The van der Waals surface area contributed by atoms with E-state index in [4.69, 9.17) is 14.1 Å². The first-order valence-corrected chi connectivity index (χ1v) is 9.11. The Balaban J connectivity index is 1.75. The molecule has 1 aromatic carbocycles. The van der Waals surface area contributed by atoms with E-state index in [1.165, 1.54) is 5.56 Å². The Morgan fingerprint density at radius 3 is 2.88 bits per heavy atom. The van der Waals surface area contributed by atoms with Gasteiger partial charge in [0.15, 0.2) is 11.5 Å². The van der Waals surface area contributed by atoms with Crippen molar-refractivity contribution in [2.75, 3.05) is 13.7 Å². The van der Waals surface area contributed by atoms with Gasteiger partial charge in [0.1, 0.15) is 5.60 Å². The third-order valence-electron chi connectivity index (χ3n) is 5.32. The summed E-state index contributed by atoms with van der Waals surface area (Å²) >= 11 is 0. The van der Waals surface area contributed by atoms with E-state index in [2.05, 4.69) is 31.0 Å². The summed E-state index contributed by atoms with van der Waals surface area (Å²) in [4.78, 5) is 4.44. The van der Waals surface area contributed by atoms with E-state index in [0.29, 0.717) is 12.9 Å². The zero-order valence-corrected chi connectivity index (χ0v) is 15.5. The first-order valence-electron chi connectivity index (χ1n) is 9.11. The highest BCUT2D eigenvalue weighted by Crippen LogP contribution is 2.45. The molecule has 0 amide bonds. The summed E-state index contributed by atoms with van der Waals surface area (Å²) < 4.78 is 17.1. The topological polar surface area (TPSA) is 60.8 Å². The van der Waals surface area contributed by atoms with Crippen LogP contribution in [0.25, 0.3) is 11.1 Å². The Morgan fingerprint density at radius 1 is 1.31 bits per heavy atom. The minimum atomic E-state index is -0.673. The summed E-state index contributed by atoms with van der Waals surface area (Å²) in [7, 11) is 1.00. The second-order valence-electron chi connectivity index (χ2n) is 7.71. The van der Waals surface area contributed by atoms with Gasteiger partial charge in [0.05, 0.1) is 7.11 Å². The largest absolute Gasteiger partial charge is 0.493 e. The van der Waals surface area contributed by atoms with Crippen LogP contribution in [0.4, 0.5) is 0 Å². The van der Waals surface area contributed by atoms with Crippen molar-refractivity contribution < 1.29 is 19.2 Å². The molecular formula is C20H24BNO4. The molecule has 2 aromatic rings. The highest BCUT2D eigenvalue weighted by Gasteiger charge is 2.32. The van der Waals surface area contributed by atoms with Gasteiger partial charge in [-0.2, -0.15) is 0 Å². The molecule has 2 aliphatic heterocycles. The minimum absolute atomic E-state index is 0.182. The average Bonchev–Trinajstić information content (AvgIpc) is 3.06. The minimum Gasteiger partial charge on any atom is -0.493 e. The van der Waals surface area contributed by atoms with Crippen molar-refractivity contribution in [1.29, 1.82) is 0 Å². The van der Waals surface area contributed by atoms with Crippen LogP contribution in [0.2, 0.25) is 6.32 Å². The van der Waals surface area contributed by atoms with Gasteiger partial charge < -0.3 is 19.2 Å². The quantitative estimate of drug-likeness (QED) is 0.857. The molecule has 0 bridgehead atoms. The van der Waals surface area contributed by atoms with E-state index >= 15 is 0 Å². The SMILES string of the molecule is COc1ccc(-c2cncc(C3COB(O)C3)c2)c2c1OC(C)(C)CC2. The zero-order chi connectivity index (χ0) is 18.3. The van der Waals surface area contributed by atoms with E-state index in [1.807, 2.05) is 18.5 Å². The summed E-state index contributed by atoms with van der Waals surface area (Å²) in [6, 6.07) is 6.20. The Morgan fingerprint density at radius 2 is 2.15 bits per heavy atom. The fourth-order valence-electron chi connectivity index (χ4n) is 3.82. The maximum atomic E-state index is 9.64. The van der Waals surface area contributed by atoms with Crippen molar-refractivity contribution in [3.05, 3.63) is 41.7 Å². The summed E-state index contributed by atoms with van der Waals surface area (Å²) in [5.74, 6) is 1.79. The number of benzene rings is 1. The van der Waals surface area contributed by atoms with E-state index in [1.54, 1.807) is 7.11 Å². The van der Waals surface area contributed by atoms with E-state index < -0.39 is 7.12 Å².